The molecule has 1 heterocycles. The van der Waals surface area contributed by atoms with Crippen molar-refractivity contribution in [3.05, 3.63) is 51.8 Å². The standard InChI is InChI=1S/C16H19NO3S2/c1-3-5-11-17-15(19)13(16(21-17)22(20)4-2)14(18)12-9-7-6-8-10-12/h6-10H,3-5,11H2,1-2H3. The summed E-state index contributed by atoms with van der Waals surface area (Å²) in [4.78, 5) is 25.2. The summed E-state index contributed by atoms with van der Waals surface area (Å²) in [5.74, 6) is 0.0527. The van der Waals surface area contributed by atoms with Gasteiger partial charge in [0.15, 0.2) is 0 Å². The topological polar surface area (TPSA) is 56.1 Å². The highest BCUT2D eigenvalue weighted by Crippen LogP contribution is 2.21. The van der Waals surface area contributed by atoms with Crippen molar-refractivity contribution in [1.82, 2.24) is 3.96 Å². The average Bonchev–Trinajstić information content (AvgIpc) is 2.89. The summed E-state index contributed by atoms with van der Waals surface area (Å²) in [6, 6.07) is 8.68. The van der Waals surface area contributed by atoms with Gasteiger partial charge in [0.25, 0.3) is 5.56 Å². The van der Waals surface area contributed by atoms with E-state index in [-0.39, 0.29) is 16.9 Å². The minimum absolute atomic E-state index is 0.0764. The molecule has 0 aliphatic carbocycles. The van der Waals surface area contributed by atoms with Crippen LogP contribution < -0.4 is 5.56 Å². The van der Waals surface area contributed by atoms with Crippen molar-refractivity contribution in [2.24, 2.45) is 0 Å². The Labute approximate surface area is 136 Å². The van der Waals surface area contributed by atoms with Gasteiger partial charge in [-0.1, -0.05) is 50.6 Å². The Hall–Kier alpha value is -1.53. The molecule has 6 heteroatoms. The van der Waals surface area contributed by atoms with Crippen LogP contribution in [0.25, 0.3) is 0 Å². The highest BCUT2D eigenvalue weighted by molar-refractivity contribution is 7.87. The van der Waals surface area contributed by atoms with Gasteiger partial charge in [0.05, 0.1) is 10.8 Å². The van der Waals surface area contributed by atoms with Crippen LogP contribution in [0.3, 0.4) is 0 Å². The molecule has 2 rings (SSSR count). The lowest BCUT2D eigenvalue weighted by Gasteiger charge is -2.00. The van der Waals surface area contributed by atoms with E-state index in [4.69, 9.17) is 0 Å². The van der Waals surface area contributed by atoms with Crippen molar-refractivity contribution in [3.8, 4) is 0 Å². The number of carbonyl (C=O) groups excluding carboxylic acids is 1. The number of ketones is 1. The SMILES string of the molecule is CCCCn1sc(S(=O)CC)c(C(=O)c2ccccc2)c1=O. The number of rotatable bonds is 7. The van der Waals surface area contributed by atoms with Crippen molar-refractivity contribution in [3.63, 3.8) is 0 Å². The van der Waals surface area contributed by atoms with Crippen LogP contribution in [-0.2, 0) is 17.3 Å². The van der Waals surface area contributed by atoms with Gasteiger partial charge in [0, 0.05) is 17.9 Å². The lowest BCUT2D eigenvalue weighted by molar-refractivity contribution is 0.103. The van der Waals surface area contributed by atoms with Crippen LogP contribution in [0.5, 0.6) is 0 Å². The van der Waals surface area contributed by atoms with Crippen LogP contribution in [-0.4, -0.2) is 19.7 Å². The molecule has 2 aromatic rings. The zero-order valence-corrected chi connectivity index (χ0v) is 14.3. The van der Waals surface area contributed by atoms with Crippen LogP contribution >= 0.6 is 11.5 Å². The van der Waals surface area contributed by atoms with E-state index in [1.165, 1.54) is 0 Å². The van der Waals surface area contributed by atoms with Gasteiger partial charge in [-0.2, -0.15) is 0 Å². The van der Waals surface area contributed by atoms with E-state index in [9.17, 15) is 13.8 Å². The first-order valence-corrected chi connectivity index (χ1v) is 9.41. The van der Waals surface area contributed by atoms with E-state index in [1.54, 1.807) is 35.1 Å². The molecule has 0 saturated heterocycles. The average molecular weight is 337 g/mol. The summed E-state index contributed by atoms with van der Waals surface area (Å²) in [6.07, 6.45) is 1.82. The summed E-state index contributed by atoms with van der Waals surface area (Å²) < 4.78 is 14.2. The van der Waals surface area contributed by atoms with Gasteiger partial charge in [-0.25, -0.2) is 0 Å². The van der Waals surface area contributed by atoms with Gasteiger partial charge in [-0.05, 0) is 18.0 Å². The molecule has 22 heavy (non-hydrogen) atoms. The third kappa shape index (κ3) is 3.44. The van der Waals surface area contributed by atoms with E-state index in [0.29, 0.717) is 22.1 Å². The van der Waals surface area contributed by atoms with E-state index in [2.05, 4.69) is 0 Å². The number of aromatic nitrogens is 1. The van der Waals surface area contributed by atoms with E-state index < -0.39 is 10.8 Å². The Morgan fingerprint density at radius 2 is 1.91 bits per heavy atom. The Kier molecular flexibility index (Phi) is 5.85. The molecule has 4 nitrogen and oxygen atoms in total. The largest absolute Gasteiger partial charge is 0.288 e. The van der Waals surface area contributed by atoms with Crippen molar-refractivity contribution in [2.45, 2.75) is 37.4 Å². The molecule has 0 bridgehead atoms. The second kappa shape index (κ2) is 7.65. The number of unbranched alkanes of at least 4 members (excludes halogenated alkanes) is 1. The van der Waals surface area contributed by atoms with Gasteiger partial charge in [-0.3, -0.25) is 17.8 Å². The number of nitrogens with zero attached hydrogens (tertiary/aromatic N) is 1. The predicted octanol–water partition coefficient (Wildman–Crippen LogP) is 3.07. The summed E-state index contributed by atoms with van der Waals surface area (Å²) in [6.45, 7) is 4.39. The lowest BCUT2D eigenvalue weighted by atomic mass is 10.1. The van der Waals surface area contributed by atoms with Crippen LogP contribution in [0.4, 0.5) is 0 Å². The smallest absolute Gasteiger partial charge is 0.273 e. The van der Waals surface area contributed by atoms with Gasteiger partial charge in [0.2, 0.25) is 5.78 Å². The molecular formula is C16H19NO3S2. The molecule has 0 radical (unpaired) electrons. The van der Waals surface area contributed by atoms with Gasteiger partial charge < -0.3 is 0 Å². The van der Waals surface area contributed by atoms with Crippen molar-refractivity contribution < 1.29 is 9.00 Å². The van der Waals surface area contributed by atoms with Crippen molar-refractivity contribution in [1.29, 1.82) is 0 Å². The van der Waals surface area contributed by atoms with Crippen LogP contribution in [0.2, 0.25) is 0 Å². The van der Waals surface area contributed by atoms with Crippen LogP contribution in [0, 0.1) is 0 Å². The molecule has 0 N–H and O–H groups in total. The first kappa shape index (κ1) is 16.8. The minimum Gasteiger partial charge on any atom is -0.288 e. The van der Waals surface area contributed by atoms with Crippen molar-refractivity contribution in [2.75, 3.05) is 5.75 Å². The van der Waals surface area contributed by atoms with Gasteiger partial charge >= 0.3 is 0 Å². The fourth-order valence-electron chi connectivity index (χ4n) is 2.06. The monoisotopic (exact) mass is 337 g/mol. The normalized spacial score (nSPS) is 12.3. The molecule has 118 valence electrons. The Morgan fingerprint density at radius 1 is 1.23 bits per heavy atom. The van der Waals surface area contributed by atoms with Crippen molar-refractivity contribution >= 4 is 28.1 Å². The third-order valence-corrected chi connectivity index (χ3v) is 6.15. The van der Waals surface area contributed by atoms with Crippen LogP contribution in [0.1, 0.15) is 42.6 Å². The van der Waals surface area contributed by atoms with Gasteiger partial charge in [-0.15, -0.1) is 0 Å². The molecule has 0 amide bonds. The van der Waals surface area contributed by atoms with Gasteiger partial charge in [0.1, 0.15) is 9.77 Å². The number of hydrogen-bond donors (Lipinski definition) is 0. The molecule has 0 spiro atoms. The second-order valence-corrected chi connectivity index (χ2v) is 7.81. The molecule has 0 aliphatic heterocycles. The zero-order valence-electron chi connectivity index (χ0n) is 12.7. The molecule has 1 aromatic carbocycles. The lowest BCUT2D eigenvalue weighted by Crippen LogP contribution is -2.21. The number of aryl methyl sites for hydroxylation is 1. The molecule has 0 aliphatic rings. The maximum atomic E-state index is 12.7. The summed E-state index contributed by atoms with van der Waals surface area (Å²) in [5.41, 5.74) is 0.214. The predicted molar refractivity (Wildman–Crippen MR) is 90.3 cm³/mol. The number of benzene rings is 1. The highest BCUT2D eigenvalue weighted by atomic mass is 32.2. The highest BCUT2D eigenvalue weighted by Gasteiger charge is 2.25. The molecule has 0 fully saturated rings. The van der Waals surface area contributed by atoms with E-state index >= 15 is 0 Å². The first-order valence-electron chi connectivity index (χ1n) is 7.32. The van der Waals surface area contributed by atoms with Crippen LogP contribution in [0.15, 0.2) is 39.3 Å². The molecule has 1 unspecified atom stereocenters. The third-order valence-electron chi connectivity index (χ3n) is 3.28. The Morgan fingerprint density at radius 3 is 2.50 bits per heavy atom. The fraction of sp³-hybridized carbons (Fsp3) is 0.375. The minimum atomic E-state index is -1.31. The quantitative estimate of drug-likeness (QED) is 0.730. The summed E-state index contributed by atoms with van der Waals surface area (Å²) in [7, 11) is -1.31. The Balaban J connectivity index is 2.53. The van der Waals surface area contributed by atoms with E-state index in [0.717, 1.165) is 24.4 Å². The molecule has 1 atom stereocenters. The Bertz CT molecular complexity index is 732. The number of hydrogen-bond acceptors (Lipinski definition) is 4. The van der Waals surface area contributed by atoms with E-state index in [1.807, 2.05) is 13.0 Å². The maximum absolute atomic E-state index is 12.7. The maximum Gasteiger partial charge on any atom is 0.273 e. The summed E-state index contributed by atoms with van der Waals surface area (Å²) >= 11 is 1.16. The zero-order chi connectivity index (χ0) is 16.1. The fourth-order valence-corrected chi connectivity index (χ4v) is 4.55. The summed E-state index contributed by atoms with van der Waals surface area (Å²) in [5, 5.41) is 0. The molecular weight excluding hydrogens is 318 g/mol. The molecule has 0 saturated carbocycles. The number of carbonyl (C=O) groups is 1. The first-order chi connectivity index (χ1) is 10.6. The second-order valence-electron chi connectivity index (χ2n) is 4.84. The molecule has 1 aromatic heterocycles.